The van der Waals surface area contributed by atoms with E-state index in [9.17, 15) is 19.8 Å². The van der Waals surface area contributed by atoms with Crippen molar-refractivity contribution in [2.75, 3.05) is 26.3 Å². The number of ether oxygens (including phenoxy) is 1. The second-order valence-electron chi connectivity index (χ2n) is 8.20. The zero-order valence-electron chi connectivity index (χ0n) is 18.6. The summed E-state index contributed by atoms with van der Waals surface area (Å²) in [5.41, 5.74) is 0.381. The van der Waals surface area contributed by atoms with Crippen LogP contribution in [0.25, 0.3) is 0 Å². The molecule has 2 aliphatic heterocycles. The molecule has 0 radical (unpaired) electrons. The van der Waals surface area contributed by atoms with E-state index in [0.717, 1.165) is 25.3 Å². The minimum Gasteiger partial charge on any atom is -0.507 e. The largest absolute Gasteiger partial charge is 0.507 e. The lowest BCUT2D eigenvalue weighted by molar-refractivity contribution is -0.137. The molecule has 1 aromatic rings. The smallest absolute Gasteiger partial charge is 0.342 e. The Hall–Kier alpha value is -3.00. The molecule has 1 aromatic carbocycles. The van der Waals surface area contributed by atoms with Crippen LogP contribution in [0.2, 0.25) is 5.02 Å². The molecule has 2 aliphatic rings. The van der Waals surface area contributed by atoms with Crippen molar-refractivity contribution in [1.29, 1.82) is 0 Å². The molecule has 1 saturated heterocycles. The third-order valence-electron chi connectivity index (χ3n) is 5.56. The topological polar surface area (TPSA) is 109 Å². The average Bonchev–Trinajstić information content (AvgIpc) is 2.80. The fraction of sp³-hybridized carbons (Fsp3) is 0.458. The first-order chi connectivity index (χ1) is 15.9. The highest BCUT2D eigenvalue weighted by atomic mass is 35.5. The van der Waals surface area contributed by atoms with Gasteiger partial charge in [0.25, 0.3) is 5.91 Å². The van der Waals surface area contributed by atoms with E-state index in [2.05, 4.69) is 5.16 Å². The first-order valence-corrected chi connectivity index (χ1v) is 11.4. The lowest BCUT2D eigenvalue weighted by atomic mass is 9.99. The number of esters is 1. The van der Waals surface area contributed by atoms with Crippen LogP contribution in [0.4, 0.5) is 0 Å². The van der Waals surface area contributed by atoms with E-state index in [1.807, 2.05) is 19.1 Å². The van der Waals surface area contributed by atoms with Crippen LogP contribution in [0.15, 0.2) is 35.5 Å². The van der Waals surface area contributed by atoms with Crippen LogP contribution in [0.1, 0.15) is 48.5 Å². The molecule has 0 aromatic heterocycles. The Morgan fingerprint density at radius 3 is 2.76 bits per heavy atom. The van der Waals surface area contributed by atoms with Crippen molar-refractivity contribution in [2.45, 2.75) is 39.0 Å². The third-order valence-corrected chi connectivity index (χ3v) is 5.98. The Labute approximate surface area is 198 Å². The maximum atomic E-state index is 12.7. The molecular weight excluding hydrogens is 448 g/mol. The lowest BCUT2D eigenvalue weighted by Gasteiger charge is -2.26. The molecule has 1 amide bonds. The Balaban J connectivity index is 1.88. The van der Waals surface area contributed by atoms with E-state index in [0.29, 0.717) is 25.2 Å². The maximum Gasteiger partial charge on any atom is 0.342 e. The van der Waals surface area contributed by atoms with E-state index in [4.69, 9.17) is 21.2 Å². The summed E-state index contributed by atoms with van der Waals surface area (Å²) in [6.07, 6.45) is 11.0. The number of cyclic esters (lactones) is 1. The second kappa shape index (κ2) is 11.7. The summed E-state index contributed by atoms with van der Waals surface area (Å²) in [6, 6.07) is 0.999. The first kappa shape index (κ1) is 24.6. The molecule has 178 valence electrons. The van der Waals surface area contributed by atoms with Crippen LogP contribution in [-0.4, -0.2) is 59.0 Å². The van der Waals surface area contributed by atoms with E-state index in [1.54, 1.807) is 17.1 Å². The number of hydrogen-bond acceptors (Lipinski definition) is 7. The minimum atomic E-state index is -0.773. The minimum absolute atomic E-state index is 0.0263. The number of allylic oxidation sites excluding steroid dienone is 3. The van der Waals surface area contributed by atoms with Gasteiger partial charge in [0, 0.05) is 25.6 Å². The Bertz CT molecular complexity index is 966. The summed E-state index contributed by atoms with van der Waals surface area (Å²) in [5.74, 6) is -1.54. The number of hydrogen-bond donors (Lipinski definition) is 2. The van der Waals surface area contributed by atoms with Gasteiger partial charge in [0.2, 0.25) is 0 Å². The number of aromatic hydroxyl groups is 2. The number of fused-ring (bicyclic) bond motifs is 1. The number of rotatable bonds is 3. The molecule has 9 heteroatoms. The average molecular weight is 477 g/mol. The fourth-order valence-electron chi connectivity index (χ4n) is 3.77. The molecule has 1 fully saturated rings. The molecule has 1 atom stereocenters. The monoisotopic (exact) mass is 476 g/mol. The van der Waals surface area contributed by atoms with Crippen LogP contribution >= 0.6 is 11.6 Å². The molecule has 0 aliphatic carbocycles. The van der Waals surface area contributed by atoms with E-state index in [1.165, 1.54) is 0 Å². The lowest BCUT2D eigenvalue weighted by Crippen LogP contribution is -2.37. The van der Waals surface area contributed by atoms with Gasteiger partial charge in [-0.15, -0.1) is 0 Å². The highest BCUT2D eigenvalue weighted by Gasteiger charge is 2.24. The van der Waals surface area contributed by atoms with E-state index < -0.39 is 11.7 Å². The van der Waals surface area contributed by atoms with Crippen LogP contribution in [0.5, 0.6) is 11.5 Å². The van der Waals surface area contributed by atoms with Crippen molar-refractivity contribution >= 4 is 29.2 Å². The number of phenolic OH excluding ortho intramolecular Hbond substituents is 2. The number of carbonyl (C=O) groups is 2. The number of carbonyl (C=O) groups excluding carboxylic acids is 2. The summed E-state index contributed by atoms with van der Waals surface area (Å²) in [6.45, 7) is 3.28. The van der Waals surface area contributed by atoms with Gasteiger partial charge in [-0.2, -0.15) is 0 Å². The molecular formula is C24H29ClN2O6. The highest BCUT2D eigenvalue weighted by Crippen LogP contribution is 2.37. The molecule has 1 unspecified atom stereocenters. The van der Waals surface area contributed by atoms with Gasteiger partial charge in [-0.25, -0.2) is 4.79 Å². The Kier molecular flexibility index (Phi) is 8.77. The number of phenols is 2. The molecule has 0 saturated carbocycles. The number of oxime groups is 1. The maximum absolute atomic E-state index is 12.7. The first-order valence-electron chi connectivity index (χ1n) is 11.1. The molecule has 33 heavy (non-hydrogen) atoms. The molecule has 8 nitrogen and oxygen atoms in total. The van der Waals surface area contributed by atoms with Crippen molar-refractivity contribution < 1.29 is 29.4 Å². The van der Waals surface area contributed by atoms with Gasteiger partial charge in [0.15, 0.2) is 6.61 Å². The van der Waals surface area contributed by atoms with Crippen LogP contribution in [0.3, 0.4) is 0 Å². The number of amides is 1. The summed E-state index contributed by atoms with van der Waals surface area (Å²) >= 11 is 6.28. The Morgan fingerprint density at radius 2 is 2.00 bits per heavy atom. The predicted molar refractivity (Wildman–Crippen MR) is 125 cm³/mol. The summed E-state index contributed by atoms with van der Waals surface area (Å²) in [4.78, 5) is 32.1. The van der Waals surface area contributed by atoms with E-state index >= 15 is 0 Å². The van der Waals surface area contributed by atoms with Crippen molar-refractivity contribution in [3.05, 3.63) is 46.5 Å². The van der Waals surface area contributed by atoms with Crippen molar-refractivity contribution in [3.63, 3.8) is 0 Å². The number of nitrogens with zero attached hydrogens (tertiary/aromatic N) is 2. The van der Waals surface area contributed by atoms with Crippen molar-refractivity contribution in [3.8, 4) is 11.5 Å². The van der Waals surface area contributed by atoms with Gasteiger partial charge in [0.1, 0.15) is 23.7 Å². The number of likely N-dealkylation sites (tertiary alicyclic amines) is 1. The zero-order valence-corrected chi connectivity index (χ0v) is 19.4. The standard InChI is InChI=1S/C24H29ClN2O6/c1-16-7-5-9-17(26-33-15-21(30)27-10-3-2-4-11-27)13-18-22(24(31)32-12-6-8-16)19(28)14-20(29)23(18)25/h5-6,8-9,14,16,28-29H,2-4,7,10-13,15H2,1H3/b8-6+,9-5+,26-17+. The summed E-state index contributed by atoms with van der Waals surface area (Å²) in [7, 11) is 0. The third kappa shape index (κ3) is 6.74. The van der Waals surface area contributed by atoms with Crippen LogP contribution < -0.4 is 0 Å². The summed E-state index contributed by atoms with van der Waals surface area (Å²) in [5, 5.41) is 24.4. The Morgan fingerprint density at radius 1 is 1.24 bits per heavy atom. The quantitative estimate of drug-likeness (QED) is 0.388. The van der Waals surface area contributed by atoms with Gasteiger partial charge < -0.3 is 24.7 Å². The van der Waals surface area contributed by atoms with Crippen LogP contribution in [-0.2, 0) is 20.8 Å². The van der Waals surface area contributed by atoms with Gasteiger partial charge in [-0.3, -0.25) is 4.79 Å². The second-order valence-corrected chi connectivity index (χ2v) is 8.58. The van der Waals surface area contributed by atoms with Gasteiger partial charge in [-0.05, 0) is 43.2 Å². The molecule has 2 heterocycles. The predicted octanol–water partition coefficient (Wildman–Crippen LogP) is 3.99. The normalized spacial score (nSPS) is 22.8. The van der Waals surface area contributed by atoms with Crippen molar-refractivity contribution in [2.24, 2.45) is 11.1 Å². The van der Waals surface area contributed by atoms with Gasteiger partial charge in [0.05, 0.1) is 10.7 Å². The molecule has 0 bridgehead atoms. The van der Waals surface area contributed by atoms with E-state index in [-0.39, 0.29) is 53.4 Å². The number of halogens is 1. The molecule has 3 rings (SSSR count). The van der Waals surface area contributed by atoms with Crippen molar-refractivity contribution in [1.82, 2.24) is 4.90 Å². The van der Waals surface area contributed by atoms with Gasteiger partial charge >= 0.3 is 5.97 Å². The SMILES string of the molecule is CC1/C=C/COC(=O)c2c(O)cc(O)c(Cl)c2CC(=N/OCC(=O)N2CCCCC2)/C=C/C1. The summed E-state index contributed by atoms with van der Waals surface area (Å²) < 4.78 is 5.25. The van der Waals surface area contributed by atoms with Gasteiger partial charge in [-0.1, -0.05) is 41.9 Å². The fourth-order valence-corrected chi connectivity index (χ4v) is 3.98. The number of piperidine rings is 1. The zero-order chi connectivity index (χ0) is 23.8. The molecule has 0 spiro atoms. The highest BCUT2D eigenvalue weighted by molar-refractivity contribution is 6.33. The number of benzene rings is 1. The van der Waals surface area contributed by atoms with Crippen LogP contribution in [0, 0.1) is 5.92 Å². The molecule has 2 N–H and O–H groups in total.